The summed E-state index contributed by atoms with van der Waals surface area (Å²) in [7, 11) is 3.42. The highest BCUT2D eigenvalue weighted by Gasteiger charge is 2.53. The second kappa shape index (κ2) is 7.45. The smallest absolute Gasteiger partial charge is 0.254 e. The first-order chi connectivity index (χ1) is 12.1. The molecule has 25 heavy (non-hydrogen) atoms. The fourth-order valence-corrected chi connectivity index (χ4v) is 3.67. The van der Waals surface area contributed by atoms with Crippen LogP contribution in [0.4, 0.5) is 0 Å². The molecule has 8 nitrogen and oxygen atoms in total. The van der Waals surface area contributed by atoms with Gasteiger partial charge in [0.05, 0.1) is 31.6 Å². The van der Waals surface area contributed by atoms with E-state index in [0.717, 1.165) is 19.5 Å². The molecule has 0 aromatic carbocycles. The monoisotopic (exact) mass is 347 g/mol. The maximum atomic E-state index is 13.1. The number of nitrogens with zero attached hydrogens (tertiary/aromatic N) is 5. The van der Waals surface area contributed by atoms with Gasteiger partial charge in [-0.2, -0.15) is 0 Å². The zero-order chi connectivity index (χ0) is 17.9. The molecule has 0 bridgehead atoms. The number of hydrogen-bond acceptors (Lipinski definition) is 6. The number of amides is 2. The van der Waals surface area contributed by atoms with Crippen LogP contribution >= 0.6 is 0 Å². The molecule has 0 spiro atoms. The quantitative estimate of drug-likeness (QED) is 0.745. The summed E-state index contributed by atoms with van der Waals surface area (Å²) in [4.78, 5) is 40.0. The molecule has 3 heterocycles. The van der Waals surface area contributed by atoms with Crippen molar-refractivity contribution in [2.45, 2.75) is 18.4 Å². The third kappa shape index (κ3) is 3.36. The van der Waals surface area contributed by atoms with E-state index in [1.54, 1.807) is 37.6 Å². The molecule has 8 heteroatoms. The molecule has 1 aromatic heterocycles. The van der Waals surface area contributed by atoms with Crippen molar-refractivity contribution in [1.29, 1.82) is 0 Å². The molecular formula is C17H25N5O3. The Hall–Kier alpha value is -2.06. The van der Waals surface area contributed by atoms with Crippen LogP contribution in [0.5, 0.6) is 0 Å². The molecule has 1 atom stereocenters. The van der Waals surface area contributed by atoms with Crippen LogP contribution in [0.2, 0.25) is 0 Å². The second-order valence-corrected chi connectivity index (χ2v) is 6.69. The number of carbonyl (C=O) groups excluding carboxylic acids is 2. The van der Waals surface area contributed by atoms with Crippen LogP contribution in [-0.4, -0.2) is 90.0 Å². The fraction of sp³-hybridized carbons (Fsp3) is 0.647. The van der Waals surface area contributed by atoms with Crippen LogP contribution in [-0.2, 0) is 19.9 Å². The molecule has 0 N–H and O–H groups in total. The van der Waals surface area contributed by atoms with Gasteiger partial charge in [-0.05, 0) is 12.8 Å². The van der Waals surface area contributed by atoms with Crippen molar-refractivity contribution in [3.8, 4) is 0 Å². The molecular weight excluding hydrogens is 322 g/mol. The third-order valence-corrected chi connectivity index (χ3v) is 4.89. The zero-order valence-electron chi connectivity index (χ0n) is 14.8. The molecule has 1 unspecified atom stereocenters. The van der Waals surface area contributed by atoms with E-state index >= 15 is 0 Å². The van der Waals surface area contributed by atoms with E-state index in [2.05, 4.69) is 14.9 Å². The predicted octanol–water partition coefficient (Wildman–Crippen LogP) is -0.285. The lowest BCUT2D eigenvalue weighted by molar-refractivity contribution is -0.152. The highest BCUT2D eigenvalue weighted by molar-refractivity contribution is 5.93. The van der Waals surface area contributed by atoms with Gasteiger partial charge in [0.1, 0.15) is 0 Å². The summed E-state index contributed by atoms with van der Waals surface area (Å²) in [5.74, 6) is -0.166. The molecule has 2 aliphatic rings. The number of carbonyl (C=O) groups is 2. The molecule has 136 valence electrons. The molecule has 2 aliphatic heterocycles. The van der Waals surface area contributed by atoms with Crippen LogP contribution < -0.4 is 0 Å². The van der Waals surface area contributed by atoms with E-state index in [-0.39, 0.29) is 11.8 Å². The van der Waals surface area contributed by atoms with Crippen molar-refractivity contribution in [2.75, 3.05) is 53.5 Å². The highest BCUT2D eigenvalue weighted by atomic mass is 16.5. The summed E-state index contributed by atoms with van der Waals surface area (Å²) in [6, 6.07) is 0. The Bertz CT molecular complexity index is 618. The number of aromatic nitrogens is 2. The number of ether oxygens (including phenoxy) is 1. The standard InChI is InChI=1S/C17H25N5O3/c1-20(2)16(24)17(14-12-18-5-6-19-14)4-3-7-22(17)15(23)13-21-8-10-25-11-9-21/h5-6,12H,3-4,7-11,13H2,1-2H3. The number of rotatable bonds is 4. The maximum absolute atomic E-state index is 13.1. The summed E-state index contributed by atoms with van der Waals surface area (Å²) in [6.07, 6.45) is 6.08. The Morgan fingerprint density at radius 1 is 1.24 bits per heavy atom. The summed E-state index contributed by atoms with van der Waals surface area (Å²) in [5.41, 5.74) is -0.511. The van der Waals surface area contributed by atoms with E-state index < -0.39 is 5.54 Å². The van der Waals surface area contributed by atoms with E-state index in [4.69, 9.17) is 4.74 Å². The van der Waals surface area contributed by atoms with E-state index in [1.807, 2.05) is 0 Å². The minimum atomic E-state index is -1.05. The lowest BCUT2D eigenvalue weighted by atomic mass is 9.90. The summed E-state index contributed by atoms with van der Waals surface area (Å²) in [6.45, 7) is 3.60. The molecule has 2 fully saturated rings. The van der Waals surface area contributed by atoms with Gasteiger partial charge in [0, 0.05) is 46.1 Å². The Morgan fingerprint density at radius 3 is 2.64 bits per heavy atom. The van der Waals surface area contributed by atoms with Crippen LogP contribution in [0.3, 0.4) is 0 Å². The Morgan fingerprint density at radius 2 is 2.00 bits per heavy atom. The average molecular weight is 347 g/mol. The first kappa shape index (κ1) is 17.8. The van der Waals surface area contributed by atoms with Gasteiger partial charge in [-0.3, -0.25) is 24.5 Å². The van der Waals surface area contributed by atoms with E-state index in [1.165, 1.54) is 4.90 Å². The first-order valence-electron chi connectivity index (χ1n) is 8.64. The van der Waals surface area contributed by atoms with Crippen molar-refractivity contribution in [3.63, 3.8) is 0 Å². The van der Waals surface area contributed by atoms with Crippen LogP contribution in [0.1, 0.15) is 18.5 Å². The summed E-state index contributed by atoms with van der Waals surface area (Å²) >= 11 is 0. The highest BCUT2D eigenvalue weighted by Crippen LogP contribution is 2.39. The number of hydrogen-bond donors (Lipinski definition) is 0. The van der Waals surface area contributed by atoms with Crippen LogP contribution in [0.15, 0.2) is 18.6 Å². The van der Waals surface area contributed by atoms with Crippen molar-refractivity contribution >= 4 is 11.8 Å². The average Bonchev–Trinajstić information content (AvgIpc) is 3.08. The molecule has 2 amide bonds. The molecule has 2 saturated heterocycles. The molecule has 0 saturated carbocycles. The number of likely N-dealkylation sites (N-methyl/N-ethyl adjacent to an activating group) is 1. The zero-order valence-corrected chi connectivity index (χ0v) is 14.8. The largest absolute Gasteiger partial charge is 0.379 e. The van der Waals surface area contributed by atoms with Gasteiger partial charge < -0.3 is 14.5 Å². The minimum absolute atomic E-state index is 0.0414. The molecule has 1 aromatic rings. The minimum Gasteiger partial charge on any atom is -0.379 e. The first-order valence-corrected chi connectivity index (χ1v) is 8.64. The van der Waals surface area contributed by atoms with Crippen LogP contribution in [0.25, 0.3) is 0 Å². The fourth-order valence-electron chi connectivity index (χ4n) is 3.67. The Balaban J connectivity index is 1.90. The summed E-state index contributed by atoms with van der Waals surface area (Å²) < 4.78 is 5.34. The van der Waals surface area contributed by atoms with E-state index in [9.17, 15) is 9.59 Å². The maximum Gasteiger partial charge on any atom is 0.254 e. The van der Waals surface area contributed by atoms with Gasteiger partial charge in [-0.25, -0.2) is 0 Å². The lowest BCUT2D eigenvalue weighted by Crippen LogP contribution is -2.57. The van der Waals surface area contributed by atoms with Crippen molar-refractivity contribution in [3.05, 3.63) is 24.3 Å². The molecule has 0 aliphatic carbocycles. The summed E-state index contributed by atoms with van der Waals surface area (Å²) in [5, 5.41) is 0. The predicted molar refractivity (Wildman–Crippen MR) is 90.6 cm³/mol. The topological polar surface area (TPSA) is 78.9 Å². The van der Waals surface area contributed by atoms with Crippen LogP contribution in [0, 0.1) is 0 Å². The van der Waals surface area contributed by atoms with Gasteiger partial charge in [-0.1, -0.05) is 0 Å². The van der Waals surface area contributed by atoms with Gasteiger partial charge in [0.2, 0.25) is 5.91 Å². The van der Waals surface area contributed by atoms with Crippen molar-refractivity contribution in [1.82, 2.24) is 24.7 Å². The molecule has 0 radical (unpaired) electrons. The number of likely N-dealkylation sites (tertiary alicyclic amines) is 1. The SMILES string of the molecule is CN(C)C(=O)C1(c2cnccn2)CCCN1C(=O)CN1CCOCC1. The van der Waals surface area contributed by atoms with Gasteiger partial charge in [0.25, 0.3) is 5.91 Å². The Labute approximate surface area is 147 Å². The van der Waals surface area contributed by atoms with Crippen molar-refractivity contribution < 1.29 is 14.3 Å². The normalized spacial score (nSPS) is 24.3. The van der Waals surface area contributed by atoms with Gasteiger partial charge >= 0.3 is 0 Å². The third-order valence-electron chi connectivity index (χ3n) is 4.89. The second-order valence-electron chi connectivity index (χ2n) is 6.69. The molecule has 3 rings (SSSR count). The lowest BCUT2D eigenvalue weighted by Gasteiger charge is -2.39. The van der Waals surface area contributed by atoms with Crippen molar-refractivity contribution in [2.24, 2.45) is 0 Å². The number of morpholine rings is 1. The van der Waals surface area contributed by atoms with E-state index in [0.29, 0.717) is 38.4 Å². The Kier molecular flexibility index (Phi) is 5.29. The van der Waals surface area contributed by atoms with Gasteiger partial charge in [0.15, 0.2) is 5.54 Å². The van der Waals surface area contributed by atoms with Gasteiger partial charge in [-0.15, -0.1) is 0 Å².